The molecule has 0 aromatic carbocycles. The third-order valence-electron chi connectivity index (χ3n) is 4.21. The molecule has 1 saturated heterocycles. The molecule has 1 atom stereocenters. The normalized spacial score (nSPS) is 19.7. The maximum Gasteiger partial charge on any atom is 0.341 e. The molecule has 1 fully saturated rings. The zero-order valence-corrected chi connectivity index (χ0v) is 13.3. The molecule has 0 spiro atoms. The predicted octanol–water partition coefficient (Wildman–Crippen LogP) is 2.34. The van der Waals surface area contributed by atoms with E-state index in [-0.39, 0.29) is 5.97 Å². The number of methoxy groups -OCH3 is 1. The summed E-state index contributed by atoms with van der Waals surface area (Å²) in [5.41, 5.74) is 0.538. The number of rotatable bonds is 6. The minimum atomic E-state index is -0.326. The molecule has 2 rings (SSSR count). The largest absolute Gasteiger partial charge is 0.465 e. The van der Waals surface area contributed by atoms with Gasteiger partial charge in [0.05, 0.1) is 13.7 Å². The highest BCUT2D eigenvalue weighted by Gasteiger charge is 2.24. The number of esters is 1. The Balaban J connectivity index is 2.03. The molecule has 2 heterocycles. The number of hydrogen-bond acceptors (Lipinski definition) is 5. The van der Waals surface area contributed by atoms with Crippen molar-refractivity contribution in [3.05, 3.63) is 23.2 Å². The van der Waals surface area contributed by atoms with E-state index in [2.05, 4.69) is 10.2 Å². The van der Waals surface area contributed by atoms with Gasteiger partial charge in [0.25, 0.3) is 0 Å². The molecule has 1 aliphatic heterocycles. The Labute approximate surface area is 126 Å². The quantitative estimate of drug-likeness (QED) is 0.816. The summed E-state index contributed by atoms with van der Waals surface area (Å²) in [7, 11) is 3.39. The summed E-state index contributed by atoms with van der Waals surface area (Å²) in [6, 6.07) is 2.42. The SMILES string of the molecule is CNCCC1CCCCN1Cc1cc(C(=O)OC)c(C)o1. The molecule has 1 aliphatic rings. The molecule has 0 amide bonds. The third-order valence-corrected chi connectivity index (χ3v) is 4.21. The topological polar surface area (TPSA) is 54.7 Å². The first kappa shape index (κ1) is 16.0. The number of nitrogens with zero attached hydrogens (tertiary/aromatic N) is 1. The van der Waals surface area contributed by atoms with Gasteiger partial charge in [0, 0.05) is 6.04 Å². The second-order valence-electron chi connectivity index (χ2n) is 5.69. The second-order valence-corrected chi connectivity index (χ2v) is 5.69. The monoisotopic (exact) mass is 294 g/mol. The van der Waals surface area contributed by atoms with E-state index in [0.717, 1.165) is 31.8 Å². The van der Waals surface area contributed by atoms with Crippen molar-refractivity contribution in [3.63, 3.8) is 0 Å². The molecule has 1 N–H and O–H groups in total. The molecule has 5 nitrogen and oxygen atoms in total. The van der Waals surface area contributed by atoms with Crippen LogP contribution in [-0.2, 0) is 11.3 Å². The van der Waals surface area contributed by atoms with E-state index in [4.69, 9.17) is 9.15 Å². The molecule has 0 bridgehead atoms. The van der Waals surface area contributed by atoms with Crippen LogP contribution in [0.3, 0.4) is 0 Å². The lowest BCUT2D eigenvalue weighted by molar-refractivity contribution is 0.0599. The van der Waals surface area contributed by atoms with Crippen LogP contribution in [0.5, 0.6) is 0 Å². The van der Waals surface area contributed by atoms with Crippen LogP contribution in [0.15, 0.2) is 10.5 Å². The zero-order chi connectivity index (χ0) is 15.2. The van der Waals surface area contributed by atoms with Gasteiger partial charge in [0.1, 0.15) is 17.1 Å². The van der Waals surface area contributed by atoms with Crippen LogP contribution >= 0.6 is 0 Å². The van der Waals surface area contributed by atoms with Crippen LogP contribution in [0.4, 0.5) is 0 Å². The molecule has 1 aromatic heterocycles. The van der Waals surface area contributed by atoms with Crippen molar-refractivity contribution < 1.29 is 13.9 Å². The predicted molar refractivity (Wildman–Crippen MR) is 81.4 cm³/mol. The highest BCUT2D eigenvalue weighted by Crippen LogP contribution is 2.24. The fourth-order valence-corrected chi connectivity index (χ4v) is 3.04. The molecule has 1 unspecified atom stereocenters. The Morgan fingerprint density at radius 3 is 3.05 bits per heavy atom. The maximum absolute atomic E-state index is 11.6. The summed E-state index contributed by atoms with van der Waals surface area (Å²) in [5.74, 6) is 1.16. The number of hydrogen-bond donors (Lipinski definition) is 1. The van der Waals surface area contributed by atoms with Gasteiger partial charge < -0.3 is 14.5 Å². The number of nitrogens with one attached hydrogen (secondary N) is 1. The first-order valence-electron chi connectivity index (χ1n) is 7.72. The molecule has 118 valence electrons. The molecule has 21 heavy (non-hydrogen) atoms. The van der Waals surface area contributed by atoms with E-state index in [1.54, 1.807) is 0 Å². The highest BCUT2D eigenvalue weighted by molar-refractivity contribution is 5.90. The van der Waals surface area contributed by atoms with E-state index < -0.39 is 0 Å². The number of furan rings is 1. The van der Waals surface area contributed by atoms with Crippen molar-refractivity contribution in [2.24, 2.45) is 0 Å². The van der Waals surface area contributed by atoms with E-state index in [9.17, 15) is 4.79 Å². The molecule has 0 aliphatic carbocycles. The number of aryl methyl sites for hydroxylation is 1. The standard InChI is InChI=1S/C16H26N2O3/c1-12-15(16(19)20-3)10-14(21-12)11-18-9-5-4-6-13(18)7-8-17-2/h10,13,17H,4-9,11H2,1-3H3. The molecule has 0 saturated carbocycles. The lowest BCUT2D eigenvalue weighted by atomic mass is 9.99. The van der Waals surface area contributed by atoms with Crippen molar-refractivity contribution in [2.45, 2.75) is 45.2 Å². The van der Waals surface area contributed by atoms with Gasteiger partial charge >= 0.3 is 5.97 Å². The summed E-state index contributed by atoms with van der Waals surface area (Å²) in [6.07, 6.45) is 4.93. The van der Waals surface area contributed by atoms with Gasteiger partial charge in [0.15, 0.2) is 0 Å². The Kier molecular flexibility index (Phi) is 5.82. The van der Waals surface area contributed by atoms with Crippen LogP contribution < -0.4 is 5.32 Å². The third kappa shape index (κ3) is 4.08. The minimum absolute atomic E-state index is 0.326. The molecular formula is C16H26N2O3. The first-order chi connectivity index (χ1) is 10.2. The fourth-order valence-electron chi connectivity index (χ4n) is 3.04. The Morgan fingerprint density at radius 1 is 1.52 bits per heavy atom. The van der Waals surface area contributed by atoms with Crippen LogP contribution in [0.1, 0.15) is 47.6 Å². The van der Waals surface area contributed by atoms with Crippen LogP contribution in [0, 0.1) is 6.92 Å². The zero-order valence-electron chi connectivity index (χ0n) is 13.3. The van der Waals surface area contributed by atoms with E-state index >= 15 is 0 Å². The molecule has 0 radical (unpaired) electrons. The van der Waals surface area contributed by atoms with Crippen molar-refractivity contribution in [2.75, 3.05) is 27.2 Å². The van der Waals surface area contributed by atoms with Gasteiger partial charge in [-0.2, -0.15) is 0 Å². The van der Waals surface area contributed by atoms with Gasteiger partial charge in [-0.3, -0.25) is 4.90 Å². The first-order valence-corrected chi connectivity index (χ1v) is 7.72. The van der Waals surface area contributed by atoms with Crippen molar-refractivity contribution in [1.82, 2.24) is 10.2 Å². The summed E-state index contributed by atoms with van der Waals surface area (Å²) < 4.78 is 10.5. The smallest absolute Gasteiger partial charge is 0.341 e. The van der Waals surface area contributed by atoms with Gasteiger partial charge in [-0.15, -0.1) is 0 Å². The van der Waals surface area contributed by atoms with Crippen molar-refractivity contribution in [1.29, 1.82) is 0 Å². The van der Waals surface area contributed by atoms with E-state index in [1.807, 2.05) is 20.0 Å². The average Bonchev–Trinajstić information content (AvgIpc) is 2.86. The van der Waals surface area contributed by atoms with Gasteiger partial charge in [-0.1, -0.05) is 6.42 Å². The fraction of sp³-hybridized carbons (Fsp3) is 0.688. The van der Waals surface area contributed by atoms with Crippen LogP contribution in [-0.4, -0.2) is 44.2 Å². The van der Waals surface area contributed by atoms with Gasteiger partial charge in [-0.25, -0.2) is 4.79 Å². The number of carbonyl (C=O) groups is 1. The molecular weight excluding hydrogens is 268 g/mol. The lowest BCUT2D eigenvalue weighted by Crippen LogP contribution is -2.40. The Bertz CT molecular complexity index is 470. The van der Waals surface area contributed by atoms with Gasteiger partial charge in [-0.05, 0) is 52.4 Å². The minimum Gasteiger partial charge on any atom is -0.465 e. The van der Waals surface area contributed by atoms with Crippen LogP contribution in [0.2, 0.25) is 0 Å². The van der Waals surface area contributed by atoms with Gasteiger partial charge in [0.2, 0.25) is 0 Å². The Hall–Kier alpha value is -1.33. The molecule has 5 heteroatoms. The summed E-state index contributed by atoms with van der Waals surface area (Å²) in [5, 5.41) is 3.22. The van der Waals surface area contributed by atoms with Crippen LogP contribution in [0.25, 0.3) is 0 Å². The molecule has 1 aromatic rings. The number of ether oxygens (including phenoxy) is 1. The lowest BCUT2D eigenvalue weighted by Gasteiger charge is -2.35. The van der Waals surface area contributed by atoms with E-state index in [1.165, 1.54) is 26.4 Å². The second kappa shape index (κ2) is 7.61. The highest BCUT2D eigenvalue weighted by atomic mass is 16.5. The number of likely N-dealkylation sites (tertiary alicyclic amines) is 1. The number of piperidine rings is 1. The summed E-state index contributed by atoms with van der Waals surface area (Å²) in [4.78, 5) is 14.1. The average molecular weight is 294 g/mol. The summed E-state index contributed by atoms with van der Waals surface area (Å²) >= 11 is 0. The summed E-state index contributed by atoms with van der Waals surface area (Å²) in [6.45, 7) is 4.71. The maximum atomic E-state index is 11.6. The number of carbonyl (C=O) groups excluding carboxylic acids is 1. The van der Waals surface area contributed by atoms with E-state index in [0.29, 0.717) is 17.4 Å². The van der Waals surface area contributed by atoms with Crippen molar-refractivity contribution in [3.8, 4) is 0 Å². The Morgan fingerprint density at radius 2 is 2.33 bits per heavy atom. The van der Waals surface area contributed by atoms with Crippen molar-refractivity contribution >= 4 is 5.97 Å².